The Hall–Kier alpha value is -3.94. The van der Waals surface area contributed by atoms with Crippen molar-refractivity contribution in [1.82, 2.24) is 14.9 Å². The average molecular weight is 420 g/mol. The maximum Gasteiger partial charge on any atom is 0.330 e. The summed E-state index contributed by atoms with van der Waals surface area (Å²) in [7, 11) is 1.70. The Balaban J connectivity index is 1.61. The number of rotatable bonds is 5. The SMILES string of the molecule is CN1CC(C(=O)NCc2ccc(F)cc2)=Cc2c1[nH]c(=O)n(Cc1ccccc1)c2=O. The lowest BCUT2D eigenvalue weighted by Crippen LogP contribution is -2.42. The lowest BCUT2D eigenvalue weighted by atomic mass is 10.1. The van der Waals surface area contributed by atoms with E-state index in [1.807, 2.05) is 30.3 Å². The van der Waals surface area contributed by atoms with Gasteiger partial charge in [-0.15, -0.1) is 0 Å². The summed E-state index contributed by atoms with van der Waals surface area (Å²) in [6.07, 6.45) is 1.52. The molecule has 1 aliphatic rings. The summed E-state index contributed by atoms with van der Waals surface area (Å²) in [5, 5.41) is 2.79. The van der Waals surface area contributed by atoms with E-state index < -0.39 is 11.2 Å². The van der Waals surface area contributed by atoms with E-state index in [-0.39, 0.29) is 36.9 Å². The molecule has 4 rings (SSSR count). The number of nitrogens with one attached hydrogen (secondary N) is 2. The number of benzene rings is 2. The summed E-state index contributed by atoms with van der Waals surface area (Å²) >= 11 is 0. The molecule has 7 nitrogen and oxygen atoms in total. The van der Waals surface area contributed by atoms with E-state index >= 15 is 0 Å². The largest absolute Gasteiger partial charge is 0.356 e. The van der Waals surface area contributed by atoms with E-state index in [0.717, 1.165) is 15.7 Å². The van der Waals surface area contributed by atoms with Gasteiger partial charge in [0.2, 0.25) is 5.91 Å². The van der Waals surface area contributed by atoms with Gasteiger partial charge in [-0.1, -0.05) is 42.5 Å². The van der Waals surface area contributed by atoms with Gasteiger partial charge in [0.25, 0.3) is 5.56 Å². The van der Waals surface area contributed by atoms with E-state index in [9.17, 15) is 18.8 Å². The van der Waals surface area contributed by atoms with Gasteiger partial charge in [0.05, 0.1) is 12.1 Å². The first-order valence-electron chi connectivity index (χ1n) is 9.78. The van der Waals surface area contributed by atoms with E-state index in [1.165, 1.54) is 18.2 Å². The number of fused-ring (bicyclic) bond motifs is 1. The molecule has 0 saturated carbocycles. The maximum absolute atomic E-state index is 13.1. The van der Waals surface area contributed by atoms with Crippen LogP contribution in [0.15, 0.2) is 69.8 Å². The predicted molar refractivity (Wildman–Crippen MR) is 116 cm³/mol. The quantitative estimate of drug-likeness (QED) is 0.660. The highest BCUT2D eigenvalue weighted by molar-refractivity contribution is 6.00. The van der Waals surface area contributed by atoms with Crippen molar-refractivity contribution in [3.8, 4) is 0 Å². The number of hydrogen-bond donors (Lipinski definition) is 2. The third-order valence-electron chi connectivity index (χ3n) is 5.15. The van der Waals surface area contributed by atoms with Crippen LogP contribution in [-0.4, -0.2) is 29.1 Å². The van der Waals surface area contributed by atoms with Crippen molar-refractivity contribution in [2.45, 2.75) is 13.1 Å². The van der Waals surface area contributed by atoms with Crippen LogP contribution in [0.5, 0.6) is 0 Å². The summed E-state index contributed by atoms with van der Waals surface area (Å²) in [6.45, 7) is 0.600. The summed E-state index contributed by atoms with van der Waals surface area (Å²) < 4.78 is 14.2. The van der Waals surface area contributed by atoms with Crippen molar-refractivity contribution in [3.63, 3.8) is 0 Å². The number of carbonyl (C=O) groups is 1. The molecule has 3 aromatic rings. The Morgan fingerprint density at radius 2 is 1.77 bits per heavy atom. The van der Waals surface area contributed by atoms with Crippen LogP contribution >= 0.6 is 0 Å². The van der Waals surface area contributed by atoms with Crippen LogP contribution in [0.3, 0.4) is 0 Å². The van der Waals surface area contributed by atoms with E-state index in [4.69, 9.17) is 0 Å². The topological polar surface area (TPSA) is 87.2 Å². The molecule has 0 aliphatic carbocycles. The molecular weight excluding hydrogens is 399 g/mol. The second kappa shape index (κ2) is 8.43. The predicted octanol–water partition coefficient (Wildman–Crippen LogP) is 1.87. The van der Waals surface area contributed by atoms with E-state index in [2.05, 4.69) is 10.3 Å². The van der Waals surface area contributed by atoms with Gasteiger partial charge in [-0.25, -0.2) is 9.18 Å². The lowest BCUT2D eigenvalue weighted by Gasteiger charge is -2.26. The molecule has 1 aliphatic heterocycles. The maximum atomic E-state index is 13.1. The third-order valence-corrected chi connectivity index (χ3v) is 5.15. The van der Waals surface area contributed by atoms with Crippen molar-refractivity contribution in [1.29, 1.82) is 0 Å². The number of anilines is 1. The first-order chi connectivity index (χ1) is 14.9. The molecule has 31 heavy (non-hydrogen) atoms. The Bertz CT molecular complexity index is 1260. The molecule has 158 valence electrons. The molecule has 2 heterocycles. The highest BCUT2D eigenvalue weighted by Gasteiger charge is 2.24. The van der Waals surface area contributed by atoms with Crippen LogP contribution in [0.2, 0.25) is 0 Å². The zero-order valence-corrected chi connectivity index (χ0v) is 16.9. The minimum Gasteiger partial charge on any atom is -0.356 e. The molecular formula is C23H21FN4O3. The highest BCUT2D eigenvalue weighted by atomic mass is 19.1. The van der Waals surface area contributed by atoms with Crippen LogP contribution in [-0.2, 0) is 17.9 Å². The standard InChI is InChI=1S/C23H21FN4O3/c1-27-14-17(21(29)25-12-15-7-9-18(24)10-8-15)11-19-20(27)26-23(31)28(22(19)30)13-16-5-3-2-4-6-16/h2-11H,12-14H2,1H3,(H,25,29)(H,26,31). The number of hydrogen-bond acceptors (Lipinski definition) is 4. The number of amides is 1. The fraction of sp³-hybridized carbons (Fsp3) is 0.174. The minimum absolute atomic E-state index is 0.131. The molecule has 1 amide bonds. The van der Waals surface area contributed by atoms with Crippen LogP contribution in [0, 0.1) is 5.82 Å². The summed E-state index contributed by atoms with van der Waals surface area (Å²) in [4.78, 5) is 42.7. The van der Waals surface area contributed by atoms with Gasteiger partial charge in [0, 0.05) is 25.7 Å². The molecule has 2 N–H and O–H groups in total. The van der Waals surface area contributed by atoms with Crippen molar-refractivity contribution in [3.05, 3.63) is 104 Å². The smallest absolute Gasteiger partial charge is 0.330 e. The van der Waals surface area contributed by atoms with Gasteiger partial charge >= 0.3 is 5.69 Å². The van der Waals surface area contributed by atoms with E-state index in [1.54, 1.807) is 24.1 Å². The van der Waals surface area contributed by atoms with E-state index in [0.29, 0.717) is 11.4 Å². The number of H-pyrrole nitrogens is 1. The summed E-state index contributed by atoms with van der Waals surface area (Å²) in [6, 6.07) is 15.1. The van der Waals surface area contributed by atoms with Gasteiger partial charge in [-0.3, -0.25) is 19.1 Å². The minimum atomic E-state index is -0.503. The second-order valence-electron chi connectivity index (χ2n) is 7.40. The summed E-state index contributed by atoms with van der Waals surface area (Å²) in [5.41, 5.74) is 1.27. The molecule has 1 aromatic heterocycles. The van der Waals surface area contributed by atoms with Crippen molar-refractivity contribution < 1.29 is 9.18 Å². The van der Waals surface area contributed by atoms with Crippen LogP contribution in [0.4, 0.5) is 10.2 Å². The number of nitrogens with zero attached hydrogens (tertiary/aromatic N) is 2. The second-order valence-corrected chi connectivity index (χ2v) is 7.40. The first-order valence-corrected chi connectivity index (χ1v) is 9.78. The number of halogens is 1. The van der Waals surface area contributed by atoms with Gasteiger partial charge in [0.1, 0.15) is 11.6 Å². The molecule has 0 fully saturated rings. The van der Waals surface area contributed by atoms with Gasteiger partial charge in [-0.2, -0.15) is 0 Å². The van der Waals surface area contributed by atoms with Crippen LogP contribution < -0.4 is 21.5 Å². The zero-order valence-electron chi connectivity index (χ0n) is 16.9. The Morgan fingerprint density at radius 3 is 2.48 bits per heavy atom. The van der Waals surface area contributed by atoms with Gasteiger partial charge < -0.3 is 10.2 Å². The molecule has 0 atom stereocenters. The number of aromatic nitrogens is 2. The highest BCUT2D eigenvalue weighted by Crippen LogP contribution is 2.22. The number of likely N-dealkylation sites (N-methyl/N-ethyl adjacent to an activating group) is 1. The Labute approximate surface area is 177 Å². The molecule has 0 spiro atoms. The van der Waals surface area contributed by atoms with Gasteiger partial charge in [-0.05, 0) is 29.3 Å². The Kier molecular flexibility index (Phi) is 5.53. The van der Waals surface area contributed by atoms with Crippen LogP contribution in [0.25, 0.3) is 6.08 Å². The molecule has 0 unspecified atom stereocenters. The fourth-order valence-electron chi connectivity index (χ4n) is 3.51. The number of aromatic amines is 1. The average Bonchev–Trinajstić information content (AvgIpc) is 2.77. The van der Waals surface area contributed by atoms with Crippen molar-refractivity contribution in [2.75, 3.05) is 18.5 Å². The molecule has 0 radical (unpaired) electrons. The van der Waals surface area contributed by atoms with Crippen molar-refractivity contribution in [2.24, 2.45) is 0 Å². The first kappa shape index (κ1) is 20.3. The Morgan fingerprint density at radius 1 is 1.06 bits per heavy atom. The molecule has 2 aromatic carbocycles. The monoisotopic (exact) mass is 420 g/mol. The van der Waals surface area contributed by atoms with Crippen molar-refractivity contribution >= 4 is 17.8 Å². The van der Waals surface area contributed by atoms with Gasteiger partial charge in [0.15, 0.2) is 0 Å². The fourth-order valence-corrected chi connectivity index (χ4v) is 3.51. The molecule has 0 saturated heterocycles. The summed E-state index contributed by atoms with van der Waals surface area (Å²) in [5.74, 6) is -0.291. The molecule has 0 bridgehead atoms. The lowest BCUT2D eigenvalue weighted by molar-refractivity contribution is -0.117. The zero-order chi connectivity index (χ0) is 22.0. The number of carbonyl (C=O) groups excluding carboxylic acids is 1. The normalized spacial score (nSPS) is 12.8. The van der Waals surface area contributed by atoms with Crippen LogP contribution in [0.1, 0.15) is 16.7 Å². The molecule has 8 heteroatoms. The third kappa shape index (κ3) is 4.32.